The fourth-order valence-electron chi connectivity index (χ4n) is 3.01. The van der Waals surface area contributed by atoms with Gasteiger partial charge in [0, 0.05) is 17.3 Å². The number of hydrogen-bond acceptors (Lipinski definition) is 1. The van der Waals surface area contributed by atoms with E-state index in [9.17, 15) is 0 Å². The third-order valence-electron chi connectivity index (χ3n) is 3.94. The summed E-state index contributed by atoms with van der Waals surface area (Å²) >= 11 is 0. The van der Waals surface area contributed by atoms with Gasteiger partial charge in [-0.05, 0) is 0 Å². The minimum absolute atomic E-state index is 0.293. The van der Waals surface area contributed by atoms with Gasteiger partial charge >= 0.3 is 0 Å². The largest absolute Gasteiger partial charge is 0.364 e. The van der Waals surface area contributed by atoms with Crippen LogP contribution in [0, 0.1) is 17.3 Å². The van der Waals surface area contributed by atoms with Crippen molar-refractivity contribution in [2.75, 3.05) is 0 Å². The van der Waals surface area contributed by atoms with Crippen LogP contribution in [-0.2, 0) is 4.74 Å². The maximum absolute atomic E-state index is 5.80. The summed E-state index contributed by atoms with van der Waals surface area (Å²) in [7, 11) is 0. The summed E-state index contributed by atoms with van der Waals surface area (Å²) in [4.78, 5) is 0. The van der Waals surface area contributed by atoms with E-state index in [0.717, 1.165) is 5.92 Å². The van der Waals surface area contributed by atoms with Crippen LogP contribution < -0.4 is 0 Å². The van der Waals surface area contributed by atoms with E-state index in [1.807, 2.05) is 0 Å². The van der Waals surface area contributed by atoms with E-state index < -0.39 is 0 Å². The van der Waals surface area contributed by atoms with Gasteiger partial charge in [-0.1, -0.05) is 32.9 Å². The van der Waals surface area contributed by atoms with Gasteiger partial charge in [-0.25, -0.2) is 0 Å². The lowest BCUT2D eigenvalue weighted by atomic mass is 9.97. The van der Waals surface area contributed by atoms with Crippen molar-refractivity contribution >= 4 is 0 Å². The van der Waals surface area contributed by atoms with Crippen LogP contribution in [0.25, 0.3) is 0 Å². The molecule has 1 aliphatic heterocycles. The topological polar surface area (TPSA) is 12.5 Å². The summed E-state index contributed by atoms with van der Waals surface area (Å²) in [6.07, 6.45) is 5.22. The molecule has 4 unspecified atom stereocenters. The molecule has 0 aromatic rings. The molecule has 0 aromatic heterocycles. The average Bonchev–Trinajstić information content (AvgIpc) is 2.72. The second kappa shape index (κ2) is 1.31. The third kappa shape index (κ3) is 0.427. The van der Waals surface area contributed by atoms with E-state index in [0.29, 0.717) is 23.0 Å². The van der Waals surface area contributed by atoms with Crippen molar-refractivity contribution in [2.24, 2.45) is 17.3 Å². The Morgan fingerprint density at radius 1 is 1.27 bits per heavy atom. The van der Waals surface area contributed by atoms with Gasteiger partial charge in [0.1, 0.15) is 5.60 Å². The zero-order valence-electron chi connectivity index (χ0n) is 7.29. The monoisotopic (exact) mass is 150 g/mol. The highest BCUT2D eigenvalue weighted by Crippen LogP contribution is 2.78. The van der Waals surface area contributed by atoms with E-state index in [2.05, 4.69) is 32.9 Å². The highest BCUT2D eigenvalue weighted by molar-refractivity contribution is 5.41. The average molecular weight is 150 g/mol. The molecule has 1 heterocycles. The molecule has 2 fully saturated rings. The third-order valence-corrected chi connectivity index (χ3v) is 3.94. The Hall–Kier alpha value is -0.300. The first-order valence-electron chi connectivity index (χ1n) is 4.47. The second-order valence-corrected chi connectivity index (χ2v) is 4.77. The molecule has 1 nitrogen and oxygen atoms in total. The summed E-state index contributed by atoms with van der Waals surface area (Å²) in [6, 6.07) is 0. The van der Waals surface area contributed by atoms with E-state index in [1.165, 1.54) is 0 Å². The van der Waals surface area contributed by atoms with Gasteiger partial charge in [-0.2, -0.15) is 0 Å². The molecule has 11 heavy (non-hydrogen) atoms. The minimum atomic E-state index is 0.293. The lowest BCUT2D eigenvalue weighted by Gasteiger charge is -2.02. The Balaban J connectivity index is 2.04. The van der Waals surface area contributed by atoms with Crippen LogP contribution in [0.5, 0.6) is 0 Å². The highest BCUT2D eigenvalue weighted by atomic mass is 16.6. The van der Waals surface area contributed by atoms with Crippen LogP contribution in [0.4, 0.5) is 0 Å². The Morgan fingerprint density at radius 3 is 2.64 bits per heavy atom. The fraction of sp³-hybridized carbons (Fsp3) is 0.800. The van der Waals surface area contributed by atoms with E-state index in [4.69, 9.17) is 4.74 Å². The summed E-state index contributed by atoms with van der Waals surface area (Å²) < 4.78 is 5.80. The van der Waals surface area contributed by atoms with Crippen molar-refractivity contribution in [1.29, 1.82) is 0 Å². The molecule has 3 aliphatic rings. The first kappa shape index (κ1) is 6.24. The minimum Gasteiger partial charge on any atom is -0.364 e. The standard InChI is InChI=1S/C10H14O/c1-6-4-5-7-9(2,3)10(7)8(6)11-10/h4-8H,1-3H3. The van der Waals surface area contributed by atoms with Crippen LogP contribution in [0.1, 0.15) is 20.8 Å². The first-order valence-corrected chi connectivity index (χ1v) is 4.47. The predicted octanol–water partition coefficient (Wildman–Crippen LogP) is 1.99. The molecule has 1 heteroatoms. The van der Waals surface area contributed by atoms with Gasteiger partial charge in [0.05, 0.1) is 6.10 Å². The van der Waals surface area contributed by atoms with Crippen molar-refractivity contribution in [2.45, 2.75) is 32.5 Å². The molecule has 0 aromatic carbocycles. The highest BCUT2D eigenvalue weighted by Gasteiger charge is 2.86. The van der Waals surface area contributed by atoms with Gasteiger partial charge < -0.3 is 4.74 Å². The summed E-state index contributed by atoms with van der Waals surface area (Å²) in [5.74, 6) is 1.37. The smallest absolute Gasteiger partial charge is 0.108 e. The van der Waals surface area contributed by atoms with Crippen LogP contribution in [0.2, 0.25) is 0 Å². The quantitative estimate of drug-likeness (QED) is 0.380. The van der Waals surface area contributed by atoms with Crippen LogP contribution >= 0.6 is 0 Å². The zero-order chi connectivity index (χ0) is 7.85. The zero-order valence-corrected chi connectivity index (χ0v) is 7.29. The van der Waals surface area contributed by atoms with Gasteiger partial charge in [0.25, 0.3) is 0 Å². The molecular formula is C10H14O. The molecule has 1 saturated carbocycles. The molecule has 2 aliphatic carbocycles. The molecule has 3 rings (SSSR count). The number of rotatable bonds is 0. The van der Waals surface area contributed by atoms with Gasteiger partial charge in [-0.15, -0.1) is 0 Å². The molecule has 1 spiro atoms. The summed E-state index contributed by atoms with van der Waals surface area (Å²) in [6.45, 7) is 6.89. The van der Waals surface area contributed by atoms with Crippen molar-refractivity contribution in [3.05, 3.63) is 12.2 Å². The van der Waals surface area contributed by atoms with Crippen molar-refractivity contribution in [1.82, 2.24) is 0 Å². The predicted molar refractivity (Wildman–Crippen MR) is 43.2 cm³/mol. The second-order valence-electron chi connectivity index (χ2n) is 4.77. The van der Waals surface area contributed by atoms with Gasteiger partial charge in [0.2, 0.25) is 0 Å². The normalized spacial score (nSPS) is 61.5. The summed E-state index contributed by atoms with van der Waals surface area (Å²) in [5, 5.41) is 0. The van der Waals surface area contributed by atoms with Crippen LogP contribution in [0.15, 0.2) is 12.2 Å². The van der Waals surface area contributed by atoms with Crippen LogP contribution in [0.3, 0.4) is 0 Å². The molecule has 0 N–H and O–H groups in total. The first-order chi connectivity index (χ1) is 5.11. The number of ether oxygens (including phenoxy) is 1. The SMILES string of the molecule is CC1C=CC2C(C)(C)C23OC13. The van der Waals surface area contributed by atoms with E-state index >= 15 is 0 Å². The molecule has 0 radical (unpaired) electrons. The van der Waals surface area contributed by atoms with E-state index in [-0.39, 0.29) is 0 Å². The van der Waals surface area contributed by atoms with Crippen LogP contribution in [-0.4, -0.2) is 11.7 Å². The Bertz CT molecular complexity index is 254. The maximum atomic E-state index is 5.80. The fourth-order valence-corrected chi connectivity index (χ4v) is 3.01. The lowest BCUT2D eigenvalue weighted by molar-refractivity contribution is 0.319. The van der Waals surface area contributed by atoms with Crippen molar-refractivity contribution in [3.8, 4) is 0 Å². The Morgan fingerprint density at radius 2 is 2.00 bits per heavy atom. The molecular weight excluding hydrogens is 136 g/mol. The molecule has 0 bridgehead atoms. The molecule has 0 amide bonds. The van der Waals surface area contributed by atoms with Crippen molar-refractivity contribution in [3.63, 3.8) is 0 Å². The Labute approximate surface area is 67.4 Å². The van der Waals surface area contributed by atoms with Gasteiger partial charge in [-0.3, -0.25) is 0 Å². The van der Waals surface area contributed by atoms with Crippen molar-refractivity contribution < 1.29 is 4.74 Å². The lowest BCUT2D eigenvalue weighted by Crippen LogP contribution is -2.10. The number of epoxide rings is 1. The van der Waals surface area contributed by atoms with Gasteiger partial charge in [0.15, 0.2) is 0 Å². The molecule has 1 saturated heterocycles. The Kier molecular flexibility index (Phi) is 0.742. The maximum Gasteiger partial charge on any atom is 0.108 e. The summed E-state index contributed by atoms with van der Waals surface area (Å²) in [5.41, 5.74) is 0.722. The van der Waals surface area contributed by atoms with E-state index in [1.54, 1.807) is 0 Å². The number of hydrogen-bond donors (Lipinski definition) is 0. The molecule has 60 valence electrons. The molecule has 4 atom stereocenters.